The van der Waals surface area contributed by atoms with Crippen molar-refractivity contribution in [1.82, 2.24) is 20.6 Å². The fourth-order valence-corrected chi connectivity index (χ4v) is 2.93. The molecular formula is C15H15N5O2S. The van der Waals surface area contributed by atoms with Gasteiger partial charge in [0.25, 0.3) is 0 Å². The molecule has 7 nitrogen and oxygen atoms in total. The van der Waals surface area contributed by atoms with Crippen LogP contribution in [-0.4, -0.2) is 33.6 Å². The second-order valence-electron chi connectivity index (χ2n) is 4.83. The number of hydrogen-bond acceptors (Lipinski definition) is 6. The van der Waals surface area contributed by atoms with Crippen molar-refractivity contribution in [2.24, 2.45) is 0 Å². The van der Waals surface area contributed by atoms with Gasteiger partial charge in [-0.1, -0.05) is 17.3 Å². The number of carbonyl (C=O) groups excluding carboxylic acids is 1. The maximum absolute atomic E-state index is 12.7. The fraction of sp³-hybridized carbons (Fsp3) is 0.200. The number of nitrogens with zero attached hydrogens (tertiary/aromatic N) is 3. The Bertz CT molecular complexity index is 758. The number of benzene rings is 1. The molecule has 2 heterocycles. The minimum atomic E-state index is -0.515. The first-order valence-electron chi connectivity index (χ1n) is 6.97. The molecule has 0 aliphatic heterocycles. The third kappa shape index (κ3) is 3.72. The number of amides is 1. The summed E-state index contributed by atoms with van der Waals surface area (Å²) in [5.41, 5.74) is 0.661. The van der Waals surface area contributed by atoms with Crippen molar-refractivity contribution in [3.8, 4) is 5.75 Å². The summed E-state index contributed by atoms with van der Waals surface area (Å²) in [6.07, 6.45) is 0.521. The molecule has 3 aromatic rings. The zero-order chi connectivity index (χ0) is 16.1. The molecule has 0 saturated heterocycles. The molecule has 0 spiro atoms. The molecule has 0 unspecified atom stereocenters. The van der Waals surface area contributed by atoms with Gasteiger partial charge < -0.3 is 10.1 Å². The van der Waals surface area contributed by atoms with Gasteiger partial charge in [0.1, 0.15) is 11.7 Å². The van der Waals surface area contributed by atoms with Crippen molar-refractivity contribution in [2.45, 2.75) is 12.3 Å². The Balaban J connectivity index is 1.79. The van der Waals surface area contributed by atoms with E-state index in [-0.39, 0.29) is 5.91 Å². The van der Waals surface area contributed by atoms with Crippen LogP contribution in [0.25, 0.3) is 0 Å². The van der Waals surface area contributed by atoms with Crippen LogP contribution in [0.1, 0.15) is 16.6 Å². The van der Waals surface area contributed by atoms with Crippen LogP contribution in [0.5, 0.6) is 5.75 Å². The predicted octanol–water partition coefficient (Wildman–Crippen LogP) is 2.23. The van der Waals surface area contributed by atoms with Gasteiger partial charge >= 0.3 is 0 Å². The summed E-state index contributed by atoms with van der Waals surface area (Å²) in [5.74, 6) is 0.350. The summed E-state index contributed by atoms with van der Waals surface area (Å²) in [6.45, 7) is 0. The number of H-pyrrole nitrogens is 1. The summed E-state index contributed by atoms with van der Waals surface area (Å²) in [6, 6.07) is 11.1. The molecule has 1 aromatic carbocycles. The van der Waals surface area contributed by atoms with Crippen LogP contribution in [0.3, 0.4) is 0 Å². The number of aromatic nitrogens is 4. The summed E-state index contributed by atoms with van der Waals surface area (Å²) in [7, 11) is 1.58. The topological polar surface area (TPSA) is 92.8 Å². The summed E-state index contributed by atoms with van der Waals surface area (Å²) in [4.78, 5) is 13.8. The molecular weight excluding hydrogens is 314 g/mol. The Kier molecular flexibility index (Phi) is 4.62. The molecule has 1 amide bonds. The van der Waals surface area contributed by atoms with E-state index in [1.54, 1.807) is 30.6 Å². The molecule has 3 rings (SSSR count). The van der Waals surface area contributed by atoms with E-state index in [0.29, 0.717) is 23.7 Å². The monoisotopic (exact) mass is 329 g/mol. The van der Waals surface area contributed by atoms with Crippen LogP contribution in [0.2, 0.25) is 0 Å². The highest BCUT2D eigenvalue weighted by Crippen LogP contribution is 2.23. The molecule has 0 radical (unpaired) electrons. The Morgan fingerprint density at radius 1 is 1.39 bits per heavy atom. The van der Waals surface area contributed by atoms with Crippen molar-refractivity contribution >= 4 is 22.9 Å². The number of thiophene rings is 1. The Morgan fingerprint density at radius 3 is 3.00 bits per heavy atom. The molecule has 2 N–H and O–H groups in total. The molecule has 0 fully saturated rings. The summed E-state index contributed by atoms with van der Waals surface area (Å²) >= 11 is 1.59. The minimum absolute atomic E-state index is 0.187. The zero-order valence-electron chi connectivity index (χ0n) is 12.4. The minimum Gasteiger partial charge on any atom is -0.497 e. The fourth-order valence-electron chi connectivity index (χ4n) is 2.18. The predicted molar refractivity (Wildman–Crippen MR) is 86.6 cm³/mol. The van der Waals surface area contributed by atoms with Gasteiger partial charge in [-0.15, -0.1) is 21.5 Å². The van der Waals surface area contributed by atoms with E-state index < -0.39 is 5.92 Å². The van der Waals surface area contributed by atoms with E-state index in [2.05, 4.69) is 25.9 Å². The van der Waals surface area contributed by atoms with Gasteiger partial charge in [-0.05, 0) is 23.6 Å². The second-order valence-corrected chi connectivity index (χ2v) is 5.86. The number of methoxy groups -OCH3 is 1. The average Bonchev–Trinajstić information content (AvgIpc) is 3.26. The van der Waals surface area contributed by atoms with E-state index in [1.807, 2.05) is 29.6 Å². The van der Waals surface area contributed by atoms with Gasteiger partial charge in [-0.3, -0.25) is 4.79 Å². The number of nitrogens with one attached hydrogen (secondary N) is 2. The first kappa shape index (κ1) is 15.2. The van der Waals surface area contributed by atoms with Gasteiger partial charge in [0, 0.05) is 23.1 Å². The number of anilines is 1. The van der Waals surface area contributed by atoms with E-state index in [1.165, 1.54) is 0 Å². The van der Waals surface area contributed by atoms with E-state index >= 15 is 0 Å². The SMILES string of the molecule is COc1cccc(NC(=O)[C@@H](Cc2cccs2)c2nn[nH]n2)c1. The largest absolute Gasteiger partial charge is 0.497 e. The highest BCUT2D eigenvalue weighted by atomic mass is 32.1. The Morgan fingerprint density at radius 2 is 2.30 bits per heavy atom. The highest BCUT2D eigenvalue weighted by Gasteiger charge is 2.25. The maximum Gasteiger partial charge on any atom is 0.235 e. The average molecular weight is 329 g/mol. The van der Waals surface area contributed by atoms with Crippen LogP contribution >= 0.6 is 11.3 Å². The summed E-state index contributed by atoms with van der Waals surface area (Å²) < 4.78 is 5.17. The first-order chi connectivity index (χ1) is 11.3. The third-order valence-corrected chi connectivity index (χ3v) is 4.21. The lowest BCUT2D eigenvalue weighted by Gasteiger charge is -2.13. The number of rotatable bonds is 6. The zero-order valence-corrected chi connectivity index (χ0v) is 13.2. The van der Waals surface area contributed by atoms with Gasteiger partial charge in [-0.25, -0.2) is 0 Å². The van der Waals surface area contributed by atoms with E-state index in [9.17, 15) is 4.79 Å². The number of ether oxygens (including phenoxy) is 1. The number of tetrazole rings is 1. The highest BCUT2D eigenvalue weighted by molar-refractivity contribution is 7.09. The van der Waals surface area contributed by atoms with Crippen LogP contribution < -0.4 is 10.1 Å². The molecule has 23 heavy (non-hydrogen) atoms. The maximum atomic E-state index is 12.7. The van der Waals surface area contributed by atoms with Crippen molar-refractivity contribution in [1.29, 1.82) is 0 Å². The number of aromatic amines is 1. The van der Waals surface area contributed by atoms with Crippen LogP contribution in [-0.2, 0) is 11.2 Å². The lowest BCUT2D eigenvalue weighted by molar-refractivity contribution is -0.117. The van der Waals surface area contributed by atoms with Gasteiger partial charge in [0.15, 0.2) is 5.82 Å². The quantitative estimate of drug-likeness (QED) is 0.723. The van der Waals surface area contributed by atoms with Crippen LogP contribution in [0.4, 0.5) is 5.69 Å². The molecule has 118 valence electrons. The molecule has 0 aliphatic rings. The standard InChI is InChI=1S/C15H15N5O2S/c1-22-11-5-2-4-10(8-11)16-15(21)13(14-17-19-20-18-14)9-12-6-3-7-23-12/h2-8,13H,9H2,1H3,(H,16,21)(H,17,18,19,20)/t13-/m0/s1. The molecule has 0 bridgehead atoms. The third-order valence-electron chi connectivity index (χ3n) is 3.31. The van der Waals surface area contributed by atoms with E-state index in [0.717, 1.165) is 4.88 Å². The van der Waals surface area contributed by atoms with Crippen molar-refractivity contribution in [2.75, 3.05) is 12.4 Å². The van der Waals surface area contributed by atoms with Crippen LogP contribution in [0.15, 0.2) is 41.8 Å². The Labute approximate surface area is 136 Å². The molecule has 2 aromatic heterocycles. The smallest absolute Gasteiger partial charge is 0.235 e. The summed E-state index contributed by atoms with van der Waals surface area (Å²) in [5, 5.41) is 18.7. The van der Waals surface area contributed by atoms with Crippen molar-refractivity contribution in [3.05, 3.63) is 52.5 Å². The lowest BCUT2D eigenvalue weighted by Crippen LogP contribution is -2.24. The van der Waals surface area contributed by atoms with Crippen LogP contribution in [0, 0.1) is 0 Å². The van der Waals surface area contributed by atoms with Gasteiger partial charge in [-0.2, -0.15) is 5.21 Å². The number of hydrogen-bond donors (Lipinski definition) is 2. The van der Waals surface area contributed by atoms with E-state index in [4.69, 9.17) is 4.74 Å². The normalized spacial score (nSPS) is 11.9. The Hall–Kier alpha value is -2.74. The first-order valence-corrected chi connectivity index (χ1v) is 7.85. The second kappa shape index (κ2) is 7.01. The van der Waals surface area contributed by atoms with Gasteiger partial charge in [0.05, 0.1) is 7.11 Å². The molecule has 8 heteroatoms. The van der Waals surface area contributed by atoms with Crippen molar-refractivity contribution < 1.29 is 9.53 Å². The lowest BCUT2D eigenvalue weighted by atomic mass is 10.0. The number of carbonyl (C=O) groups is 1. The van der Waals surface area contributed by atoms with Crippen molar-refractivity contribution in [3.63, 3.8) is 0 Å². The molecule has 0 aliphatic carbocycles. The molecule has 0 saturated carbocycles. The van der Waals surface area contributed by atoms with Gasteiger partial charge in [0.2, 0.25) is 5.91 Å². The molecule has 1 atom stereocenters.